The first-order valence-corrected chi connectivity index (χ1v) is 7.16. The minimum atomic E-state index is 0.0191. The van der Waals surface area contributed by atoms with Crippen molar-refractivity contribution in [1.82, 2.24) is 4.90 Å². The van der Waals surface area contributed by atoms with Crippen LogP contribution in [0.5, 0.6) is 0 Å². The Hall–Kier alpha value is -1.81. The molecule has 0 aromatic heterocycles. The molecule has 4 nitrogen and oxygen atoms in total. The van der Waals surface area contributed by atoms with Crippen molar-refractivity contribution < 1.29 is 9.90 Å². The van der Waals surface area contributed by atoms with E-state index < -0.39 is 0 Å². The zero-order valence-electron chi connectivity index (χ0n) is 11.7. The second kappa shape index (κ2) is 7.10. The van der Waals surface area contributed by atoms with Gasteiger partial charge in [0, 0.05) is 31.0 Å². The van der Waals surface area contributed by atoms with Crippen LogP contribution in [-0.2, 0) is 4.79 Å². The van der Waals surface area contributed by atoms with E-state index in [2.05, 4.69) is 0 Å². The number of nitrogen functional groups attached to an aromatic ring is 1. The molecule has 3 N–H and O–H groups in total. The molecule has 1 aromatic carbocycles. The minimum absolute atomic E-state index is 0.0191. The summed E-state index contributed by atoms with van der Waals surface area (Å²) in [7, 11) is 0. The molecule has 0 aliphatic carbocycles. The minimum Gasteiger partial charge on any atom is -0.399 e. The lowest BCUT2D eigenvalue weighted by atomic mass is 9.99. The van der Waals surface area contributed by atoms with Crippen LogP contribution in [0.1, 0.15) is 31.2 Å². The topological polar surface area (TPSA) is 66.6 Å². The smallest absolute Gasteiger partial charge is 0.246 e. The number of benzene rings is 1. The Morgan fingerprint density at radius 1 is 1.45 bits per heavy atom. The van der Waals surface area contributed by atoms with E-state index in [0.29, 0.717) is 12.1 Å². The quantitative estimate of drug-likeness (QED) is 0.652. The normalized spacial score (nSPS) is 19.4. The third kappa shape index (κ3) is 3.84. The second-order valence-electron chi connectivity index (χ2n) is 5.20. The highest BCUT2D eigenvalue weighted by Gasteiger charge is 2.24. The number of nitrogens with two attached hydrogens (primary N) is 1. The summed E-state index contributed by atoms with van der Waals surface area (Å²) in [5, 5.41) is 9.09. The Morgan fingerprint density at radius 2 is 2.30 bits per heavy atom. The Bertz CT molecular complexity index is 483. The van der Waals surface area contributed by atoms with Crippen LogP contribution in [0.25, 0.3) is 6.08 Å². The van der Waals surface area contributed by atoms with E-state index in [1.165, 1.54) is 0 Å². The average molecular weight is 274 g/mol. The molecule has 1 aromatic rings. The molecule has 4 heteroatoms. The maximum absolute atomic E-state index is 12.3. The number of likely N-dealkylation sites (tertiary alicyclic amines) is 1. The summed E-state index contributed by atoms with van der Waals surface area (Å²) in [4.78, 5) is 14.1. The van der Waals surface area contributed by atoms with E-state index in [0.717, 1.165) is 31.4 Å². The van der Waals surface area contributed by atoms with Gasteiger partial charge >= 0.3 is 0 Å². The van der Waals surface area contributed by atoms with Crippen LogP contribution in [0.3, 0.4) is 0 Å². The highest BCUT2D eigenvalue weighted by Crippen LogP contribution is 2.20. The maximum Gasteiger partial charge on any atom is 0.246 e. The number of amides is 1. The predicted octanol–water partition coefficient (Wildman–Crippen LogP) is 2.05. The summed E-state index contributed by atoms with van der Waals surface area (Å²) in [6.07, 6.45) is 7.22. The van der Waals surface area contributed by atoms with Gasteiger partial charge in [-0.05, 0) is 49.5 Å². The van der Waals surface area contributed by atoms with Crippen molar-refractivity contribution >= 4 is 17.7 Å². The number of nitrogens with zero attached hydrogens (tertiary/aromatic N) is 1. The SMILES string of the molecule is Nc1cccc(/C=C/C(=O)N2CCCCC2CCO)c1. The Balaban J connectivity index is 2.02. The van der Waals surface area contributed by atoms with Crippen molar-refractivity contribution in [2.24, 2.45) is 0 Å². The van der Waals surface area contributed by atoms with Crippen LogP contribution < -0.4 is 5.73 Å². The zero-order valence-corrected chi connectivity index (χ0v) is 11.7. The van der Waals surface area contributed by atoms with Crippen LogP contribution in [-0.4, -0.2) is 35.1 Å². The van der Waals surface area contributed by atoms with Crippen molar-refractivity contribution in [1.29, 1.82) is 0 Å². The summed E-state index contributed by atoms with van der Waals surface area (Å²) in [6, 6.07) is 7.62. The molecule has 1 unspecified atom stereocenters. The number of hydrogen-bond donors (Lipinski definition) is 2. The van der Waals surface area contributed by atoms with Crippen LogP contribution >= 0.6 is 0 Å². The molecule has 1 atom stereocenters. The third-order valence-electron chi connectivity index (χ3n) is 3.70. The van der Waals surface area contributed by atoms with Crippen LogP contribution in [0.4, 0.5) is 5.69 Å². The first-order valence-electron chi connectivity index (χ1n) is 7.16. The average Bonchev–Trinajstić information content (AvgIpc) is 2.46. The largest absolute Gasteiger partial charge is 0.399 e. The van der Waals surface area contributed by atoms with Gasteiger partial charge in [0.15, 0.2) is 0 Å². The van der Waals surface area contributed by atoms with Gasteiger partial charge in [0.1, 0.15) is 0 Å². The van der Waals surface area contributed by atoms with Crippen molar-refractivity contribution in [2.45, 2.75) is 31.7 Å². The molecule has 1 heterocycles. The molecule has 0 spiro atoms. The van der Waals surface area contributed by atoms with Crippen LogP contribution in [0.15, 0.2) is 30.3 Å². The number of carbonyl (C=O) groups is 1. The summed E-state index contributed by atoms with van der Waals surface area (Å²) in [6.45, 7) is 0.915. The molecule has 2 rings (SSSR count). The van der Waals surface area contributed by atoms with Gasteiger partial charge in [0.2, 0.25) is 5.91 Å². The second-order valence-corrected chi connectivity index (χ2v) is 5.20. The van der Waals surface area contributed by atoms with Gasteiger partial charge in [-0.25, -0.2) is 0 Å². The van der Waals surface area contributed by atoms with Crippen LogP contribution in [0.2, 0.25) is 0 Å². The van der Waals surface area contributed by atoms with Gasteiger partial charge in [-0.1, -0.05) is 12.1 Å². The van der Waals surface area contributed by atoms with E-state index in [9.17, 15) is 4.79 Å². The Morgan fingerprint density at radius 3 is 3.05 bits per heavy atom. The van der Waals surface area contributed by atoms with E-state index in [4.69, 9.17) is 10.8 Å². The fourth-order valence-corrected chi connectivity index (χ4v) is 2.67. The van der Waals surface area contributed by atoms with Crippen molar-refractivity contribution in [3.8, 4) is 0 Å². The molecule has 0 bridgehead atoms. The maximum atomic E-state index is 12.3. The number of piperidine rings is 1. The summed E-state index contributed by atoms with van der Waals surface area (Å²) >= 11 is 0. The van der Waals surface area contributed by atoms with Gasteiger partial charge in [0.25, 0.3) is 0 Å². The van der Waals surface area contributed by atoms with Gasteiger partial charge in [-0.3, -0.25) is 4.79 Å². The number of hydrogen-bond acceptors (Lipinski definition) is 3. The van der Waals surface area contributed by atoms with Gasteiger partial charge in [0.05, 0.1) is 0 Å². The molecule has 1 amide bonds. The number of aliphatic hydroxyl groups excluding tert-OH is 1. The van der Waals surface area contributed by atoms with Gasteiger partial charge < -0.3 is 15.7 Å². The lowest BCUT2D eigenvalue weighted by Crippen LogP contribution is -2.43. The molecule has 1 aliphatic heterocycles. The van der Waals surface area contributed by atoms with Crippen molar-refractivity contribution in [3.05, 3.63) is 35.9 Å². The monoisotopic (exact) mass is 274 g/mol. The highest BCUT2D eigenvalue weighted by atomic mass is 16.3. The predicted molar refractivity (Wildman–Crippen MR) is 80.9 cm³/mol. The van der Waals surface area contributed by atoms with Crippen molar-refractivity contribution in [2.75, 3.05) is 18.9 Å². The molecule has 0 saturated carbocycles. The molecule has 0 radical (unpaired) electrons. The molecule has 20 heavy (non-hydrogen) atoms. The number of aliphatic hydroxyl groups is 1. The van der Waals surface area contributed by atoms with Gasteiger partial charge in [-0.2, -0.15) is 0 Å². The summed E-state index contributed by atoms with van der Waals surface area (Å²) in [5.74, 6) is 0.0191. The Labute approximate surface area is 119 Å². The highest BCUT2D eigenvalue weighted by molar-refractivity contribution is 5.92. The molecular weight excluding hydrogens is 252 g/mol. The molecule has 1 fully saturated rings. The lowest BCUT2D eigenvalue weighted by molar-refractivity contribution is -0.129. The van der Waals surface area contributed by atoms with Crippen LogP contribution in [0, 0.1) is 0 Å². The molecule has 108 valence electrons. The standard InChI is InChI=1S/C16H22N2O2/c17-14-5-3-4-13(12-14)7-8-16(20)18-10-2-1-6-15(18)9-11-19/h3-5,7-8,12,15,19H,1-2,6,9-11,17H2/b8-7+. The summed E-state index contributed by atoms with van der Waals surface area (Å²) < 4.78 is 0. The number of rotatable bonds is 4. The fourth-order valence-electron chi connectivity index (χ4n) is 2.67. The molecule has 1 saturated heterocycles. The molecule has 1 aliphatic rings. The first-order chi connectivity index (χ1) is 9.70. The van der Waals surface area contributed by atoms with E-state index in [1.54, 1.807) is 12.2 Å². The first kappa shape index (κ1) is 14.6. The van der Waals surface area contributed by atoms with E-state index in [-0.39, 0.29) is 18.6 Å². The van der Waals surface area contributed by atoms with E-state index >= 15 is 0 Å². The Kier molecular flexibility index (Phi) is 5.18. The van der Waals surface area contributed by atoms with E-state index in [1.807, 2.05) is 29.2 Å². The number of carbonyl (C=O) groups excluding carboxylic acids is 1. The molecular formula is C16H22N2O2. The van der Waals surface area contributed by atoms with Crippen molar-refractivity contribution in [3.63, 3.8) is 0 Å². The fraction of sp³-hybridized carbons (Fsp3) is 0.438. The third-order valence-corrected chi connectivity index (χ3v) is 3.70. The van der Waals surface area contributed by atoms with Gasteiger partial charge in [-0.15, -0.1) is 0 Å². The lowest BCUT2D eigenvalue weighted by Gasteiger charge is -2.34. The number of anilines is 1. The zero-order chi connectivity index (χ0) is 14.4. The summed E-state index contributed by atoms with van der Waals surface area (Å²) in [5.41, 5.74) is 7.33.